The van der Waals surface area contributed by atoms with Crippen LogP contribution < -0.4 is 10.9 Å². The lowest BCUT2D eigenvalue weighted by molar-refractivity contribution is 0.0259. The first-order valence-corrected chi connectivity index (χ1v) is 7.54. The van der Waals surface area contributed by atoms with Crippen LogP contribution in [0.2, 0.25) is 0 Å². The molecule has 1 aromatic rings. The van der Waals surface area contributed by atoms with Crippen molar-refractivity contribution in [3.05, 3.63) is 24.1 Å². The van der Waals surface area contributed by atoms with Crippen LogP contribution in [0.4, 0.5) is 15.0 Å². The van der Waals surface area contributed by atoms with Crippen LogP contribution in [0.1, 0.15) is 27.2 Å². The number of hydrogen-bond donors (Lipinski definition) is 3. The predicted octanol–water partition coefficient (Wildman–Crippen LogP) is 1.71. The van der Waals surface area contributed by atoms with Gasteiger partial charge in [-0.15, -0.1) is 0 Å². The lowest BCUT2D eigenvalue weighted by Crippen LogP contribution is -2.42. The molecule has 2 rings (SSSR count). The molecule has 0 saturated carbocycles. The molecule has 1 aromatic heterocycles. The summed E-state index contributed by atoms with van der Waals surface area (Å²) in [4.78, 5) is 17.4. The van der Waals surface area contributed by atoms with Crippen LogP contribution in [0.15, 0.2) is 18.3 Å². The molecular formula is C15H23FN4O3. The fraction of sp³-hybridized carbons (Fsp3) is 0.600. The number of likely N-dealkylation sites (tertiary alicyclic amines) is 1. The number of pyridine rings is 1. The number of aromatic nitrogens is 1. The van der Waals surface area contributed by atoms with E-state index >= 15 is 0 Å². The van der Waals surface area contributed by atoms with Crippen LogP contribution in [0.25, 0.3) is 0 Å². The zero-order valence-electron chi connectivity index (χ0n) is 13.5. The van der Waals surface area contributed by atoms with Crippen molar-refractivity contribution in [1.29, 1.82) is 0 Å². The van der Waals surface area contributed by atoms with Crippen molar-refractivity contribution in [2.24, 2.45) is 5.92 Å². The van der Waals surface area contributed by atoms with Crippen LogP contribution in [0.3, 0.4) is 0 Å². The first-order chi connectivity index (χ1) is 10.7. The third-order valence-corrected chi connectivity index (χ3v) is 3.40. The van der Waals surface area contributed by atoms with E-state index in [0.717, 1.165) is 6.20 Å². The van der Waals surface area contributed by atoms with Crippen molar-refractivity contribution in [3.8, 4) is 0 Å². The first kappa shape index (κ1) is 17.4. The normalized spacial score (nSPS) is 19.5. The van der Waals surface area contributed by atoms with E-state index in [-0.39, 0.29) is 12.0 Å². The molecule has 0 radical (unpaired) electrons. The van der Waals surface area contributed by atoms with Crippen molar-refractivity contribution in [2.75, 3.05) is 18.5 Å². The molecule has 3 N–H and O–H groups in total. The Hall–Kier alpha value is -1.93. The van der Waals surface area contributed by atoms with E-state index < -0.39 is 17.6 Å². The molecule has 1 saturated heterocycles. The number of anilines is 1. The standard InChI is InChI=1S/C15H23FN4O3/c1-15(2,3)23-14(22)20-7-6-10(9-20)13(21)19-18-12-5-4-11(16)8-17-12/h4-5,8,10,13,19,21H,6-7,9H2,1-3H3,(H,17,18)/t10-,13?/m1/s1. The zero-order valence-corrected chi connectivity index (χ0v) is 13.5. The van der Waals surface area contributed by atoms with Crippen molar-refractivity contribution in [3.63, 3.8) is 0 Å². The largest absolute Gasteiger partial charge is 0.444 e. The lowest BCUT2D eigenvalue weighted by Gasteiger charge is -2.25. The summed E-state index contributed by atoms with van der Waals surface area (Å²) in [5.74, 6) is -0.164. The first-order valence-electron chi connectivity index (χ1n) is 7.54. The Balaban J connectivity index is 1.79. The van der Waals surface area contributed by atoms with Gasteiger partial charge in [-0.2, -0.15) is 0 Å². The Kier molecular flexibility index (Phi) is 5.38. The van der Waals surface area contributed by atoms with E-state index in [0.29, 0.717) is 25.3 Å². The Morgan fingerprint density at radius 1 is 1.52 bits per heavy atom. The van der Waals surface area contributed by atoms with E-state index in [1.807, 2.05) is 20.8 Å². The van der Waals surface area contributed by atoms with Crippen molar-refractivity contribution < 1.29 is 19.0 Å². The number of carbonyl (C=O) groups is 1. The Morgan fingerprint density at radius 3 is 2.87 bits per heavy atom. The Morgan fingerprint density at radius 2 is 2.26 bits per heavy atom. The second-order valence-corrected chi connectivity index (χ2v) is 6.55. The lowest BCUT2D eigenvalue weighted by atomic mass is 10.1. The number of hydrogen-bond acceptors (Lipinski definition) is 6. The van der Waals surface area contributed by atoms with Crippen LogP contribution in [0.5, 0.6) is 0 Å². The van der Waals surface area contributed by atoms with Gasteiger partial charge in [-0.1, -0.05) is 0 Å². The topological polar surface area (TPSA) is 86.7 Å². The molecular weight excluding hydrogens is 303 g/mol. The highest BCUT2D eigenvalue weighted by Gasteiger charge is 2.33. The number of aliphatic hydroxyl groups excluding tert-OH is 1. The summed E-state index contributed by atoms with van der Waals surface area (Å²) in [6.07, 6.45) is 0.497. The van der Waals surface area contributed by atoms with Gasteiger partial charge in [-0.05, 0) is 39.3 Å². The minimum atomic E-state index is -0.866. The quantitative estimate of drug-likeness (QED) is 0.577. The van der Waals surface area contributed by atoms with E-state index in [4.69, 9.17) is 4.74 Å². The fourth-order valence-corrected chi connectivity index (χ4v) is 2.25. The van der Waals surface area contributed by atoms with Gasteiger partial charge < -0.3 is 20.2 Å². The molecule has 1 fully saturated rings. The molecule has 1 aliphatic heterocycles. The summed E-state index contributed by atoms with van der Waals surface area (Å²) >= 11 is 0. The number of ether oxygens (including phenoxy) is 1. The van der Waals surface area contributed by atoms with Gasteiger partial charge in [0.2, 0.25) is 0 Å². The van der Waals surface area contributed by atoms with Crippen molar-refractivity contribution in [2.45, 2.75) is 39.0 Å². The summed E-state index contributed by atoms with van der Waals surface area (Å²) in [5, 5.41) is 10.1. The predicted molar refractivity (Wildman–Crippen MR) is 82.9 cm³/mol. The summed E-state index contributed by atoms with van der Waals surface area (Å²) in [6, 6.07) is 2.72. The molecule has 0 aromatic carbocycles. The Bertz CT molecular complexity index is 533. The average Bonchev–Trinajstić information content (AvgIpc) is 2.94. The Labute approximate surface area is 134 Å². The summed E-state index contributed by atoms with van der Waals surface area (Å²) in [7, 11) is 0. The summed E-state index contributed by atoms with van der Waals surface area (Å²) in [6.45, 7) is 6.38. The maximum absolute atomic E-state index is 12.8. The van der Waals surface area contributed by atoms with Gasteiger partial charge in [0.15, 0.2) is 0 Å². The van der Waals surface area contributed by atoms with Crippen LogP contribution >= 0.6 is 0 Å². The minimum absolute atomic E-state index is 0.129. The van der Waals surface area contributed by atoms with Crippen molar-refractivity contribution in [1.82, 2.24) is 15.3 Å². The smallest absolute Gasteiger partial charge is 0.410 e. The van der Waals surface area contributed by atoms with Gasteiger partial charge in [-0.25, -0.2) is 19.6 Å². The molecule has 1 unspecified atom stereocenters. The molecule has 128 valence electrons. The molecule has 7 nitrogen and oxygen atoms in total. The van der Waals surface area contributed by atoms with E-state index in [9.17, 15) is 14.3 Å². The third kappa shape index (κ3) is 5.33. The highest BCUT2D eigenvalue weighted by atomic mass is 19.1. The molecule has 0 bridgehead atoms. The van der Waals surface area contributed by atoms with Gasteiger partial charge >= 0.3 is 6.09 Å². The molecule has 0 aliphatic carbocycles. The van der Waals surface area contributed by atoms with Crippen LogP contribution in [-0.4, -0.2) is 46.0 Å². The number of nitrogens with zero attached hydrogens (tertiary/aromatic N) is 2. The molecule has 0 spiro atoms. The molecule has 2 heterocycles. The zero-order chi connectivity index (χ0) is 17.0. The van der Waals surface area contributed by atoms with Gasteiger partial charge in [0.1, 0.15) is 23.5 Å². The minimum Gasteiger partial charge on any atom is -0.444 e. The number of halogens is 1. The number of rotatable bonds is 4. The van der Waals surface area contributed by atoms with Gasteiger partial charge in [0.25, 0.3) is 0 Å². The molecule has 1 aliphatic rings. The van der Waals surface area contributed by atoms with Gasteiger partial charge in [0, 0.05) is 19.0 Å². The van der Waals surface area contributed by atoms with E-state index in [1.54, 1.807) is 4.90 Å². The molecule has 8 heteroatoms. The number of hydrazine groups is 1. The second kappa shape index (κ2) is 7.10. The molecule has 23 heavy (non-hydrogen) atoms. The number of carbonyl (C=O) groups excluding carboxylic acids is 1. The fourth-order valence-electron chi connectivity index (χ4n) is 2.25. The van der Waals surface area contributed by atoms with Crippen molar-refractivity contribution >= 4 is 11.9 Å². The number of amides is 1. The highest BCUT2D eigenvalue weighted by Crippen LogP contribution is 2.21. The van der Waals surface area contributed by atoms with E-state index in [1.165, 1.54) is 12.1 Å². The monoisotopic (exact) mass is 326 g/mol. The number of aliphatic hydroxyl groups is 1. The highest BCUT2D eigenvalue weighted by molar-refractivity contribution is 5.68. The van der Waals surface area contributed by atoms with Crippen LogP contribution in [0, 0.1) is 11.7 Å². The maximum Gasteiger partial charge on any atom is 0.410 e. The molecule has 1 amide bonds. The SMILES string of the molecule is CC(C)(C)OC(=O)N1CC[C@@H](C(O)NNc2ccc(F)cn2)C1. The van der Waals surface area contributed by atoms with Gasteiger partial charge in [-0.3, -0.25) is 0 Å². The number of nitrogens with one attached hydrogen (secondary N) is 2. The van der Waals surface area contributed by atoms with Gasteiger partial charge in [0.05, 0.1) is 6.20 Å². The summed E-state index contributed by atoms with van der Waals surface area (Å²) in [5.41, 5.74) is 4.89. The van der Waals surface area contributed by atoms with Crippen LogP contribution in [-0.2, 0) is 4.74 Å². The average molecular weight is 326 g/mol. The molecule has 2 atom stereocenters. The maximum atomic E-state index is 12.8. The second-order valence-electron chi connectivity index (χ2n) is 6.55. The third-order valence-electron chi connectivity index (χ3n) is 3.40. The summed E-state index contributed by atoms with van der Waals surface area (Å²) < 4.78 is 18.1. The van der Waals surface area contributed by atoms with E-state index in [2.05, 4.69) is 15.8 Å².